The zero-order valence-electron chi connectivity index (χ0n) is 13.6. The fourth-order valence-electron chi connectivity index (χ4n) is 2.65. The van der Waals surface area contributed by atoms with Crippen LogP contribution in [-0.4, -0.2) is 40.7 Å². The Labute approximate surface area is 127 Å². The van der Waals surface area contributed by atoms with E-state index >= 15 is 0 Å². The Morgan fingerprint density at radius 3 is 2.76 bits per heavy atom. The van der Waals surface area contributed by atoms with Crippen LogP contribution < -0.4 is 15.0 Å². The van der Waals surface area contributed by atoms with Crippen molar-refractivity contribution in [3.8, 4) is 6.01 Å². The molecular formula is C15H27N5O. The molecule has 1 fully saturated rings. The zero-order chi connectivity index (χ0) is 15.2. The van der Waals surface area contributed by atoms with Gasteiger partial charge < -0.3 is 15.0 Å². The van der Waals surface area contributed by atoms with Crippen molar-refractivity contribution in [2.75, 3.05) is 29.9 Å². The Hall–Kier alpha value is -1.59. The quantitative estimate of drug-likeness (QED) is 0.834. The third-order valence-electron chi connectivity index (χ3n) is 3.54. The summed E-state index contributed by atoms with van der Waals surface area (Å²) >= 11 is 0. The molecule has 0 amide bonds. The first-order valence-electron chi connectivity index (χ1n) is 8.03. The van der Waals surface area contributed by atoms with Crippen molar-refractivity contribution in [1.82, 2.24) is 15.0 Å². The molecule has 118 valence electrons. The van der Waals surface area contributed by atoms with Crippen molar-refractivity contribution in [2.45, 2.75) is 53.1 Å². The number of nitrogens with one attached hydrogen (secondary N) is 1. The van der Waals surface area contributed by atoms with Crippen molar-refractivity contribution in [2.24, 2.45) is 5.92 Å². The standard InChI is InChI=1S/C15H27N5O/c1-5-7-12-8-9-20(10-12)14-17-13(16-6-2)18-15(19-14)21-11(3)4/h11-12H,5-10H2,1-4H3,(H,16,17,18,19). The normalized spacial score (nSPS) is 18.3. The molecule has 2 heterocycles. The fraction of sp³-hybridized carbons (Fsp3) is 0.800. The number of hydrogen-bond acceptors (Lipinski definition) is 6. The average Bonchev–Trinajstić information content (AvgIpc) is 2.87. The van der Waals surface area contributed by atoms with Crippen LogP contribution >= 0.6 is 0 Å². The highest BCUT2D eigenvalue weighted by atomic mass is 16.5. The second-order valence-electron chi connectivity index (χ2n) is 5.83. The second kappa shape index (κ2) is 7.43. The molecule has 0 spiro atoms. The van der Waals surface area contributed by atoms with Gasteiger partial charge in [0, 0.05) is 19.6 Å². The molecule has 0 bridgehead atoms. The molecule has 21 heavy (non-hydrogen) atoms. The van der Waals surface area contributed by atoms with Crippen LogP contribution in [0.2, 0.25) is 0 Å². The lowest BCUT2D eigenvalue weighted by molar-refractivity contribution is 0.222. The Balaban J connectivity index is 2.15. The summed E-state index contributed by atoms with van der Waals surface area (Å²) in [5.41, 5.74) is 0. The highest BCUT2D eigenvalue weighted by Gasteiger charge is 2.25. The molecule has 6 heteroatoms. The molecule has 0 aromatic carbocycles. The van der Waals surface area contributed by atoms with E-state index in [0.29, 0.717) is 12.0 Å². The van der Waals surface area contributed by atoms with Crippen molar-refractivity contribution < 1.29 is 4.74 Å². The SMILES string of the molecule is CCCC1CCN(c2nc(NCC)nc(OC(C)C)n2)C1. The predicted octanol–water partition coefficient (Wildman–Crippen LogP) is 2.72. The highest BCUT2D eigenvalue weighted by Crippen LogP contribution is 2.25. The van der Waals surface area contributed by atoms with Crippen molar-refractivity contribution in [1.29, 1.82) is 0 Å². The summed E-state index contributed by atoms with van der Waals surface area (Å²) < 4.78 is 5.65. The lowest BCUT2D eigenvalue weighted by Crippen LogP contribution is -2.24. The molecule has 1 aliphatic heterocycles. The number of aromatic nitrogens is 3. The molecule has 1 atom stereocenters. The van der Waals surface area contributed by atoms with Crippen molar-refractivity contribution in [3.63, 3.8) is 0 Å². The molecule has 0 saturated carbocycles. The Morgan fingerprint density at radius 2 is 2.10 bits per heavy atom. The van der Waals surface area contributed by atoms with Gasteiger partial charge in [0.2, 0.25) is 11.9 Å². The fourth-order valence-corrected chi connectivity index (χ4v) is 2.65. The van der Waals surface area contributed by atoms with Gasteiger partial charge in [-0.2, -0.15) is 15.0 Å². The molecule has 6 nitrogen and oxygen atoms in total. The molecule has 2 rings (SSSR count). The van der Waals surface area contributed by atoms with Gasteiger partial charge in [0.15, 0.2) is 0 Å². The monoisotopic (exact) mass is 293 g/mol. The maximum absolute atomic E-state index is 5.65. The Kier molecular flexibility index (Phi) is 5.59. The van der Waals surface area contributed by atoms with E-state index in [2.05, 4.69) is 32.1 Å². The first-order valence-corrected chi connectivity index (χ1v) is 8.03. The third kappa shape index (κ3) is 4.44. The van der Waals surface area contributed by atoms with Gasteiger partial charge >= 0.3 is 6.01 Å². The Morgan fingerprint density at radius 1 is 1.29 bits per heavy atom. The molecule has 1 aromatic rings. The van der Waals surface area contributed by atoms with Crippen LogP contribution in [0.3, 0.4) is 0 Å². The third-order valence-corrected chi connectivity index (χ3v) is 3.54. The molecule has 1 aliphatic rings. The van der Waals surface area contributed by atoms with Gasteiger partial charge in [-0.3, -0.25) is 0 Å². The molecule has 1 N–H and O–H groups in total. The predicted molar refractivity (Wildman–Crippen MR) is 85.0 cm³/mol. The average molecular weight is 293 g/mol. The Bertz CT molecular complexity index is 452. The first kappa shape index (κ1) is 15.8. The van der Waals surface area contributed by atoms with Crippen LogP contribution in [0.1, 0.15) is 47.0 Å². The van der Waals surface area contributed by atoms with Gasteiger partial charge in [0.05, 0.1) is 6.10 Å². The topological polar surface area (TPSA) is 63.2 Å². The minimum atomic E-state index is 0.0566. The second-order valence-corrected chi connectivity index (χ2v) is 5.83. The number of nitrogens with zero attached hydrogens (tertiary/aromatic N) is 4. The van der Waals surface area contributed by atoms with Crippen LogP contribution in [0.4, 0.5) is 11.9 Å². The molecule has 1 aromatic heterocycles. The van der Waals surface area contributed by atoms with Gasteiger partial charge in [-0.05, 0) is 39.5 Å². The summed E-state index contributed by atoms with van der Waals surface area (Å²) in [4.78, 5) is 15.5. The summed E-state index contributed by atoms with van der Waals surface area (Å²) in [5.74, 6) is 2.08. The van der Waals surface area contributed by atoms with Crippen molar-refractivity contribution >= 4 is 11.9 Å². The maximum atomic E-state index is 5.65. The van der Waals surface area contributed by atoms with Gasteiger partial charge in [0.1, 0.15) is 0 Å². The molecule has 0 aliphatic carbocycles. The maximum Gasteiger partial charge on any atom is 0.323 e. The highest BCUT2D eigenvalue weighted by molar-refractivity contribution is 5.39. The molecule has 1 unspecified atom stereocenters. The van der Waals surface area contributed by atoms with Gasteiger partial charge in [-0.15, -0.1) is 0 Å². The number of rotatable bonds is 7. The van der Waals surface area contributed by atoms with Crippen LogP contribution in [0.25, 0.3) is 0 Å². The minimum Gasteiger partial charge on any atom is -0.461 e. The summed E-state index contributed by atoms with van der Waals surface area (Å²) in [7, 11) is 0. The lowest BCUT2D eigenvalue weighted by Gasteiger charge is -2.18. The van der Waals surface area contributed by atoms with E-state index in [1.54, 1.807) is 0 Å². The van der Waals surface area contributed by atoms with Crippen LogP contribution in [0, 0.1) is 5.92 Å². The lowest BCUT2D eigenvalue weighted by atomic mass is 10.0. The van der Waals surface area contributed by atoms with Gasteiger partial charge in [-0.25, -0.2) is 0 Å². The number of hydrogen-bond donors (Lipinski definition) is 1. The first-order chi connectivity index (χ1) is 10.1. The number of ether oxygens (including phenoxy) is 1. The van der Waals surface area contributed by atoms with E-state index in [0.717, 1.165) is 31.5 Å². The van der Waals surface area contributed by atoms with E-state index in [1.807, 2.05) is 20.8 Å². The molecule has 0 radical (unpaired) electrons. The van der Waals surface area contributed by atoms with E-state index in [1.165, 1.54) is 19.3 Å². The summed E-state index contributed by atoms with van der Waals surface area (Å²) in [6, 6.07) is 0.407. The molecule has 1 saturated heterocycles. The van der Waals surface area contributed by atoms with Gasteiger partial charge in [0.25, 0.3) is 0 Å². The van der Waals surface area contributed by atoms with E-state index in [9.17, 15) is 0 Å². The van der Waals surface area contributed by atoms with Gasteiger partial charge in [-0.1, -0.05) is 13.3 Å². The summed E-state index contributed by atoms with van der Waals surface area (Å²) in [6.07, 6.45) is 3.79. The van der Waals surface area contributed by atoms with E-state index in [-0.39, 0.29) is 6.10 Å². The zero-order valence-corrected chi connectivity index (χ0v) is 13.6. The van der Waals surface area contributed by atoms with Crippen LogP contribution in [0.15, 0.2) is 0 Å². The van der Waals surface area contributed by atoms with Crippen molar-refractivity contribution in [3.05, 3.63) is 0 Å². The van der Waals surface area contributed by atoms with Crippen LogP contribution in [0.5, 0.6) is 6.01 Å². The largest absolute Gasteiger partial charge is 0.461 e. The smallest absolute Gasteiger partial charge is 0.323 e. The number of anilines is 2. The van der Waals surface area contributed by atoms with E-state index < -0.39 is 0 Å². The summed E-state index contributed by atoms with van der Waals surface area (Å²) in [5, 5.41) is 3.15. The molecular weight excluding hydrogens is 266 g/mol. The minimum absolute atomic E-state index is 0.0566. The van der Waals surface area contributed by atoms with E-state index in [4.69, 9.17) is 4.74 Å². The summed E-state index contributed by atoms with van der Waals surface area (Å²) in [6.45, 7) is 11.0. The van der Waals surface area contributed by atoms with Crippen LogP contribution in [-0.2, 0) is 0 Å².